The molecule has 0 aliphatic heterocycles. The topological polar surface area (TPSA) is 125 Å². The summed E-state index contributed by atoms with van der Waals surface area (Å²) in [6.07, 6.45) is 3.60. The first kappa shape index (κ1) is 20.6. The number of benzene rings is 2. The number of anilines is 1. The first-order chi connectivity index (χ1) is 15.9. The lowest BCUT2D eigenvalue weighted by molar-refractivity contribution is -0.384. The summed E-state index contributed by atoms with van der Waals surface area (Å²) in [6.45, 7) is 1.62. The summed E-state index contributed by atoms with van der Waals surface area (Å²) in [5.74, 6) is -0.276. The molecule has 0 atom stereocenters. The smallest absolute Gasteiger partial charge is 0.293 e. The number of para-hydroxylation sites is 1. The molecule has 4 aromatic rings. The van der Waals surface area contributed by atoms with Crippen molar-refractivity contribution in [2.75, 3.05) is 5.32 Å². The van der Waals surface area contributed by atoms with E-state index in [9.17, 15) is 19.7 Å². The zero-order chi connectivity index (χ0) is 23.1. The van der Waals surface area contributed by atoms with Crippen molar-refractivity contribution in [2.45, 2.75) is 32.2 Å². The molecule has 33 heavy (non-hydrogen) atoms. The van der Waals surface area contributed by atoms with Gasteiger partial charge in [0.25, 0.3) is 11.2 Å². The molecular formula is C23H20N6O4. The van der Waals surface area contributed by atoms with Gasteiger partial charge in [0, 0.05) is 29.1 Å². The molecule has 2 aromatic heterocycles. The Bertz CT molecular complexity index is 1470. The van der Waals surface area contributed by atoms with Crippen LogP contribution in [0.15, 0.2) is 59.5 Å². The molecule has 0 bridgehead atoms. The Balaban J connectivity index is 1.54. The van der Waals surface area contributed by atoms with Crippen LogP contribution < -0.4 is 10.9 Å². The van der Waals surface area contributed by atoms with Gasteiger partial charge in [0.1, 0.15) is 12.1 Å². The average molecular weight is 444 g/mol. The molecule has 0 radical (unpaired) electrons. The molecule has 1 aliphatic rings. The second kappa shape index (κ2) is 7.97. The Morgan fingerprint density at radius 3 is 2.73 bits per heavy atom. The number of nitro benzene ring substituents is 1. The maximum Gasteiger partial charge on any atom is 0.293 e. The van der Waals surface area contributed by atoms with E-state index in [1.807, 2.05) is 31.2 Å². The van der Waals surface area contributed by atoms with E-state index in [0.717, 1.165) is 34.5 Å². The van der Waals surface area contributed by atoms with Crippen molar-refractivity contribution in [3.8, 4) is 5.69 Å². The van der Waals surface area contributed by atoms with Gasteiger partial charge in [-0.15, -0.1) is 0 Å². The Morgan fingerprint density at radius 1 is 1.21 bits per heavy atom. The number of amides is 1. The first-order valence-corrected chi connectivity index (χ1v) is 10.5. The molecule has 5 rings (SSSR count). The van der Waals surface area contributed by atoms with E-state index < -0.39 is 16.4 Å². The van der Waals surface area contributed by atoms with Crippen LogP contribution in [0.5, 0.6) is 0 Å². The number of nitrogens with one attached hydrogen (secondary N) is 1. The Labute approximate surface area is 187 Å². The summed E-state index contributed by atoms with van der Waals surface area (Å²) in [6, 6.07) is 13.3. The van der Waals surface area contributed by atoms with E-state index in [-0.39, 0.29) is 23.8 Å². The van der Waals surface area contributed by atoms with Gasteiger partial charge in [-0.05, 0) is 37.5 Å². The van der Waals surface area contributed by atoms with Gasteiger partial charge >= 0.3 is 0 Å². The summed E-state index contributed by atoms with van der Waals surface area (Å²) in [7, 11) is 0. The largest absolute Gasteiger partial charge is 0.324 e. The predicted octanol–water partition coefficient (Wildman–Crippen LogP) is 3.31. The number of hydrogen-bond donors (Lipinski definition) is 1. The summed E-state index contributed by atoms with van der Waals surface area (Å²) in [4.78, 5) is 36.5. The van der Waals surface area contributed by atoms with Gasteiger partial charge in [0.15, 0.2) is 0 Å². The molecule has 2 aromatic carbocycles. The van der Waals surface area contributed by atoms with Crippen LogP contribution >= 0.6 is 0 Å². The number of nitro groups is 1. The van der Waals surface area contributed by atoms with Crippen LogP contribution in [0.4, 0.5) is 11.4 Å². The van der Waals surface area contributed by atoms with Crippen molar-refractivity contribution in [1.82, 2.24) is 19.6 Å². The molecule has 10 heteroatoms. The van der Waals surface area contributed by atoms with Crippen LogP contribution in [0, 0.1) is 17.0 Å². The highest BCUT2D eigenvalue weighted by Gasteiger charge is 2.30. The van der Waals surface area contributed by atoms with Crippen LogP contribution in [-0.4, -0.2) is 30.4 Å². The van der Waals surface area contributed by atoms with Crippen molar-refractivity contribution in [2.24, 2.45) is 0 Å². The third-order valence-corrected chi connectivity index (χ3v) is 5.65. The number of aryl methyl sites for hydroxylation is 1. The number of rotatable bonds is 6. The molecule has 1 aliphatic carbocycles. The number of carbonyl (C=O) groups excluding carboxylic acids is 1. The van der Waals surface area contributed by atoms with Crippen molar-refractivity contribution in [3.05, 3.63) is 86.5 Å². The van der Waals surface area contributed by atoms with Crippen LogP contribution in [0.1, 0.15) is 30.0 Å². The van der Waals surface area contributed by atoms with Gasteiger partial charge in [-0.2, -0.15) is 10.2 Å². The quantitative estimate of drug-likeness (QED) is 0.359. The number of non-ortho nitro benzene ring substituents is 1. The fourth-order valence-electron chi connectivity index (χ4n) is 3.88. The Hall–Kier alpha value is -4.34. The monoisotopic (exact) mass is 444 g/mol. The molecule has 0 unspecified atom stereocenters. The van der Waals surface area contributed by atoms with E-state index >= 15 is 0 Å². The Morgan fingerprint density at radius 2 is 2.00 bits per heavy atom. The third-order valence-electron chi connectivity index (χ3n) is 5.65. The molecule has 10 nitrogen and oxygen atoms in total. The van der Waals surface area contributed by atoms with Crippen molar-refractivity contribution in [1.29, 1.82) is 0 Å². The summed E-state index contributed by atoms with van der Waals surface area (Å²) < 4.78 is 2.76. The zero-order valence-electron chi connectivity index (χ0n) is 17.8. The van der Waals surface area contributed by atoms with Gasteiger partial charge < -0.3 is 5.32 Å². The molecule has 1 amide bonds. The highest BCUT2D eigenvalue weighted by molar-refractivity contribution is 5.91. The summed E-state index contributed by atoms with van der Waals surface area (Å²) in [5.41, 5.74) is 2.59. The van der Waals surface area contributed by atoms with E-state index in [2.05, 4.69) is 15.5 Å². The fourth-order valence-corrected chi connectivity index (χ4v) is 3.88. The predicted molar refractivity (Wildman–Crippen MR) is 122 cm³/mol. The number of nitrogens with zero attached hydrogens (tertiary/aromatic N) is 5. The normalized spacial score (nSPS) is 13.2. The lowest BCUT2D eigenvalue weighted by Crippen LogP contribution is -2.31. The first-order valence-electron chi connectivity index (χ1n) is 10.5. The minimum Gasteiger partial charge on any atom is -0.324 e. The highest BCUT2D eigenvalue weighted by Crippen LogP contribution is 2.41. The van der Waals surface area contributed by atoms with E-state index in [1.165, 1.54) is 18.2 Å². The number of fused-ring (bicyclic) bond motifs is 1. The standard InChI is InChI=1S/C23H20N6O4/c1-14-5-2-3-8-19(14)28-22-18(12-24-28)21(15-9-10-15)26-27(23(22)31)13-20(30)25-16-6-4-7-17(11-16)29(32)33/h2-8,11-12,15H,9-10,13H2,1H3,(H,25,30). The average Bonchev–Trinajstić information content (AvgIpc) is 3.54. The van der Waals surface area contributed by atoms with E-state index in [4.69, 9.17) is 0 Å². The maximum atomic E-state index is 13.4. The van der Waals surface area contributed by atoms with Gasteiger partial charge in [0.05, 0.1) is 22.5 Å². The van der Waals surface area contributed by atoms with Crippen LogP contribution in [0.2, 0.25) is 0 Å². The fraction of sp³-hybridized carbons (Fsp3) is 0.217. The molecule has 166 valence electrons. The lowest BCUT2D eigenvalue weighted by atomic mass is 10.2. The maximum absolute atomic E-state index is 13.4. The second-order valence-electron chi connectivity index (χ2n) is 8.08. The summed E-state index contributed by atoms with van der Waals surface area (Å²) in [5, 5.41) is 23.3. The number of hydrogen-bond acceptors (Lipinski definition) is 6. The minimum absolute atomic E-state index is 0.136. The SMILES string of the molecule is Cc1ccccc1-n1ncc2c(C3CC3)nn(CC(=O)Nc3cccc([N+](=O)[O-])c3)c(=O)c21. The minimum atomic E-state index is -0.537. The molecular weight excluding hydrogens is 424 g/mol. The molecule has 1 saturated carbocycles. The summed E-state index contributed by atoms with van der Waals surface area (Å²) >= 11 is 0. The Kier molecular flexibility index (Phi) is 4.97. The van der Waals surface area contributed by atoms with E-state index in [1.54, 1.807) is 16.9 Å². The van der Waals surface area contributed by atoms with Crippen LogP contribution in [0.3, 0.4) is 0 Å². The van der Waals surface area contributed by atoms with Crippen LogP contribution in [0.25, 0.3) is 16.6 Å². The molecule has 2 heterocycles. The van der Waals surface area contributed by atoms with Crippen LogP contribution in [-0.2, 0) is 11.3 Å². The van der Waals surface area contributed by atoms with Gasteiger partial charge in [0.2, 0.25) is 5.91 Å². The molecule has 1 fully saturated rings. The third kappa shape index (κ3) is 3.86. The highest BCUT2D eigenvalue weighted by atomic mass is 16.6. The molecule has 0 spiro atoms. The van der Waals surface area contributed by atoms with Gasteiger partial charge in [-0.25, -0.2) is 9.36 Å². The van der Waals surface area contributed by atoms with E-state index in [0.29, 0.717) is 10.9 Å². The van der Waals surface area contributed by atoms with Gasteiger partial charge in [-0.1, -0.05) is 24.3 Å². The number of carbonyl (C=O) groups is 1. The molecule has 0 saturated heterocycles. The van der Waals surface area contributed by atoms with Gasteiger partial charge in [-0.3, -0.25) is 19.7 Å². The molecule has 1 N–H and O–H groups in total. The zero-order valence-corrected chi connectivity index (χ0v) is 17.8. The van der Waals surface area contributed by atoms with Crippen molar-refractivity contribution < 1.29 is 9.72 Å². The second-order valence-corrected chi connectivity index (χ2v) is 8.08. The lowest BCUT2D eigenvalue weighted by Gasteiger charge is -2.11. The number of aromatic nitrogens is 4. The van der Waals surface area contributed by atoms with Crippen molar-refractivity contribution in [3.63, 3.8) is 0 Å². The van der Waals surface area contributed by atoms with Crippen molar-refractivity contribution >= 4 is 28.2 Å².